The largest absolute Gasteiger partial charge is 0.387 e. The Hall–Kier alpha value is -1.13. The molecule has 1 unspecified atom stereocenters. The summed E-state index contributed by atoms with van der Waals surface area (Å²) >= 11 is 0. The number of benzene rings is 1. The van der Waals surface area contributed by atoms with Crippen molar-refractivity contribution in [2.45, 2.75) is 26.9 Å². The van der Waals surface area contributed by atoms with Crippen molar-refractivity contribution in [3.63, 3.8) is 0 Å². The van der Waals surface area contributed by atoms with Gasteiger partial charge in [0.05, 0.1) is 17.6 Å². The lowest BCUT2D eigenvalue weighted by atomic mass is 10.0. The summed E-state index contributed by atoms with van der Waals surface area (Å²) in [6, 6.07) is 5.64. The van der Waals surface area contributed by atoms with Crippen LogP contribution in [0, 0.1) is 13.8 Å². The molecule has 0 radical (unpaired) electrons. The maximum atomic E-state index is 11.7. The minimum absolute atomic E-state index is 0.0225. The quantitative estimate of drug-likeness (QED) is 0.834. The molecule has 0 spiro atoms. The molecule has 0 fully saturated rings. The lowest BCUT2D eigenvalue weighted by molar-refractivity contribution is 0.201. The second-order valence-corrected chi connectivity index (χ2v) is 6.74. The fraction of sp³-hybridized carbons (Fsp3) is 0.429. The van der Waals surface area contributed by atoms with Crippen molar-refractivity contribution in [1.82, 2.24) is 0 Å². The summed E-state index contributed by atoms with van der Waals surface area (Å²) in [6.45, 7) is 5.63. The predicted octanol–water partition coefficient (Wildman–Crippen LogP) is 2.33. The van der Waals surface area contributed by atoms with E-state index in [4.69, 9.17) is 0 Å². The van der Waals surface area contributed by atoms with Crippen LogP contribution in [-0.4, -0.2) is 25.0 Å². The summed E-state index contributed by atoms with van der Waals surface area (Å²) in [5.41, 5.74) is 2.71. The Morgan fingerprint density at radius 1 is 1.22 bits per heavy atom. The SMILES string of the molecule is C/C=C/CS(=O)(=O)CC(O)c1cc(C)cc(C)c1. The molecule has 0 bridgehead atoms. The van der Waals surface area contributed by atoms with Gasteiger partial charge in [0.2, 0.25) is 0 Å². The second kappa shape index (κ2) is 6.16. The average molecular weight is 268 g/mol. The van der Waals surface area contributed by atoms with Crippen LogP contribution in [0.3, 0.4) is 0 Å². The Bertz CT molecular complexity index is 510. The summed E-state index contributed by atoms with van der Waals surface area (Å²) in [4.78, 5) is 0. The molecule has 0 aliphatic heterocycles. The minimum atomic E-state index is -3.25. The molecular formula is C14H20O3S. The van der Waals surface area contributed by atoms with Gasteiger partial charge in [-0.15, -0.1) is 0 Å². The number of hydrogen-bond acceptors (Lipinski definition) is 3. The maximum Gasteiger partial charge on any atom is 0.156 e. The van der Waals surface area contributed by atoms with Gasteiger partial charge in [0.15, 0.2) is 9.84 Å². The number of allylic oxidation sites excluding steroid dienone is 1. The van der Waals surface area contributed by atoms with E-state index in [1.54, 1.807) is 19.1 Å². The van der Waals surface area contributed by atoms with E-state index in [9.17, 15) is 13.5 Å². The lowest BCUT2D eigenvalue weighted by Gasteiger charge is -2.12. The Kier molecular flexibility index (Phi) is 5.11. The van der Waals surface area contributed by atoms with Crippen molar-refractivity contribution < 1.29 is 13.5 Å². The number of aliphatic hydroxyl groups is 1. The predicted molar refractivity (Wildman–Crippen MR) is 74.3 cm³/mol. The molecule has 0 saturated carbocycles. The first-order chi connectivity index (χ1) is 8.34. The van der Waals surface area contributed by atoms with Crippen LogP contribution in [0.1, 0.15) is 29.7 Å². The van der Waals surface area contributed by atoms with E-state index in [-0.39, 0.29) is 11.5 Å². The summed E-state index contributed by atoms with van der Waals surface area (Å²) in [6.07, 6.45) is 2.32. The standard InChI is InChI=1S/C14H20O3S/c1-4-5-6-18(16,17)10-14(15)13-8-11(2)7-12(3)9-13/h4-5,7-9,14-15H,6,10H2,1-3H3/b5-4+. The van der Waals surface area contributed by atoms with Crippen LogP contribution in [-0.2, 0) is 9.84 Å². The second-order valence-electron chi connectivity index (χ2n) is 4.58. The van der Waals surface area contributed by atoms with Gasteiger partial charge in [0, 0.05) is 0 Å². The highest BCUT2D eigenvalue weighted by Gasteiger charge is 2.17. The van der Waals surface area contributed by atoms with Crippen molar-refractivity contribution in [1.29, 1.82) is 0 Å². The molecular weight excluding hydrogens is 248 g/mol. The molecule has 0 aliphatic carbocycles. The van der Waals surface area contributed by atoms with Gasteiger partial charge in [-0.2, -0.15) is 0 Å². The smallest absolute Gasteiger partial charge is 0.156 e. The van der Waals surface area contributed by atoms with Crippen molar-refractivity contribution >= 4 is 9.84 Å². The fourth-order valence-corrected chi connectivity index (χ4v) is 3.15. The Morgan fingerprint density at radius 2 is 1.78 bits per heavy atom. The van der Waals surface area contributed by atoms with E-state index in [1.165, 1.54) is 0 Å². The van der Waals surface area contributed by atoms with Crippen LogP contribution in [0.4, 0.5) is 0 Å². The molecule has 18 heavy (non-hydrogen) atoms. The van der Waals surface area contributed by atoms with Gasteiger partial charge in [-0.25, -0.2) is 8.42 Å². The summed E-state index contributed by atoms with van der Waals surface area (Å²) < 4.78 is 23.5. The van der Waals surface area contributed by atoms with E-state index in [1.807, 2.05) is 32.0 Å². The molecule has 3 nitrogen and oxygen atoms in total. The molecule has 0 aromatic heterocycles. The van der Waals surface area contributed by atoms with E-state index in [0.29, 0.717) is 5.56 Å². The van der Waals surface area contributed by atoms with Gasteiger partial charge in [-0.05, 0) is 26.3 Å². The third kappa shape index (κ3) is 4.63. The Balaban J connectivity index is 2.85. The molecule has 0 saturated heterocycles. The third-order valence-electron chi connectivity index (χ3n) is 2.63. The first-order valence-electron chi connectivity index (χ1n) is 5.92. The van der Waals surface area contributed by atoms with E-state index < -0.39 is 15.9 Å². The van der Waals surface area contributed by atoms with Crippen LogP contribution in [0.25, 0.3) is 0 Å². The zero-order valence-electron chi connectivity index (χ0n) is 11.1. The minimum Gasteiger partial charge on any atom is -0.387 e. The zero-order valence-corrected chi connectivity index (χ0v) is 11.9. The number of aryl methyl sites for hydroxylation is 2. The fourth-order valence-electron chi connectivity index (χ4n) is 1.85. The van der Waals surface area contributed by atoms with E-state index in [2.05, 4.69) is 0 Å². The van der Waals surface area contributed by atoms with Crippen molar-refractivity contribution in [2.24, 2.45) is 0 Å². The van der Waals surface area contributed by atoms with Gasteiger partial charge >= 0.3 is 0 Å². The number of rotatable bonds is 5. The van der Waals surface area contributed by atoms with Crippen LogP contribution < -0.4 is 0 Å². The number of aliphatic hydroxyl groups excluding tert-OH is 1. The van der Waals surface area contributed by atoms with Crippen molar-refractivity contribution in [3.05, 3.63) is 47.0 Å². The van der Waals surface area contributed by atoms with Crippen LogP contribution in [0.2, 0.25) is 0 Å². The van der Waals surface area contributed by atoms with E-state index in [0.717, 1.165) is 11.1 Å². The maximum absolute atomic E-state index is 11.7. The molecule has 0 heterocycles. The van der Waals surface area contributed by atoms with Gasteiger partial charge in [-0.1, -0.05) is 41.5 Å². The summed E-state index contributed by atoms with van der Waals surface area (Å²) in [7, 11) is -3.25. The molecule has 0 aliphatic rings. The monoisotopic (exact) mass is 268 g/mol. The van der Waals surface area contributed by atoms with Crippen molar-refractivity contribution in [2.75, 3.05) is 11.5 Å². The van der Waals surface area contributed by atoms with Gasteiger partial charge in [0.25, 0.3) is 0 Å². The van der Waals surface area contributed by atoms with Crippen LogP contribution >= 0.6 is 0 Å². The molecule has 1 N–H and O–H groups in total. The molecule has 1 atom stereocenters. The summed E-state index contributed by atoms with van der Waals surface area (Å²) in [5, 5.41) is 10.0. The van der Waals surface area contributed by atoms with Crippen LogP contribution in [0.5, 0.6) is 0 Å². The highest BCUT2D eigenvalue weighted by molar-refractivity contribution is 7.91. The number of hydrogen-bond donors (Lipinski definition) is 1. The lowest BCUT2D eigenvalue weighted by Crippen LogP contribution is -2.16. The Labute approximate surface area is 109 Å². The van der Waals surface area contributed by atoms with Gasteiger partial charge < -0.3 is 5.11 Å². The third-order valence-corrected chi connectivity index (χ3v) is 4.15. The number of sulfone groups is 1. The first-order valence-corrected chi connectivity index (χ1v) is 7.74. The Morgan fingerprint density at radius 3 is 2.28 bits per heavy atom. The molecule has 1 aromatic carbocycles. The highest BCUT2D eigenvalue weighted by atomic mass is 32.2. The molecule has 4 heteroatoms. The molecule has 0 amide bonds. The first kappa shape index (κ1) is 14.9. The average Bonchev–Trinajstić information content (AvgIpc) is 2.24. The van der Waals surface area contributed by atoms with Gasteiger partial charge in [-0.3, -0.25) is 0 Å². The summed E-state index contributed by atoms with van der Waals surface area (Å²) in [5.74, 6) is -0.258. The molecule has 1 rings (SSSR count). The van der Waals surface area contributed by atoms with Crippen LogP contribution in [0.15, 0.2) is 30.4 Å². The topological polar surface area (TPSA) is 54.4 Å². The highest BCUT2D eigenvalue weighted by Crippen LogP contribution is 2.18. The molecule has 1 aromatic rings. The van der Waals surface area contributed by atoms with Crippen molar-refractivity contribution in [3.8, 4) is 0 Å². The normalized spacial score (nSPS) is 14.0. The van der Waals surface area contributed by atoms with E-state index >= 15 is 0 Å². The molecule has 100 valence electrons. The van der Waals surface area contributed by atoms with Gasteiger partial charge in [0.1, 0.15) is 0 Å². The zero-order chi connectivity index (χ0) is 13.8.